The molecule has 0 saturated heterocycles. The van der Waals surface area contributed by atoms with Gasteiger partial charge in [0.15, 0.2) is 0 Å². The summed E-state index contributed by atoms with van der Waals surface area (Å²) >= 11 is 6.23. The SMILES string of the molecule is NNC(c1ncccc1Cl)c1ccnn1-c1ccccc1. The number of hydrazine groups is 1. The van der Waals surface area contributed by atoms with Gasteiger partial charge in [0.25, 0.3) is 0 Å². The minimum Gasteiger partial charge on any atom is -0.270 e. The summed E-state index contributed by atoms with van der Waals surface area (Å²) in [5, 5.41) is 4.92. The lowest BCUT2D eigenvalue weighted by Crippen LogP contribution is -2.31. The Kier molecular flexibility index (Phi) is 3.96. The highest BCUT2D eigenvalue weighted by atomic mass is 35.5. The van der Waals surface area contributed by atoms with Crippen molar-refractivity contribution in [1.82, 2.24) is 20.2 Å². The first-order valence-electron chi connectivity index (χ1n) is 6.47. The molecule has 0 fully saturated rings. The van der Waals surface area contributed by atoms with Gasteiger partial charge in [-0.25, -0.2) is 10.1 Å². The normalized spacial score (nSPS) is 12.3. The molecule has 0 aliphatic heterocycles. The molecule has 2 aromatic heterocycles. The second-order valence-corrected chi connectivity index (χ2v) is 4.88. The van der Waals surface area contributed by atoms with Gasteiger partial charge in [-0.2, -0.15) is 5.10 Å². The molecular weight excluding hydrogens is 286 g/mol. The average molecular weight is 300 g/mol. The molecule has 6 heteroatoms. The molecule has 3 N–H and O–H groups in total. The van der Waals surface area contributed by atoms with Crippen LogP contribution in [0.15, 0.2) is 60.9 Å². The second-order valence-electron chi connectivity index (χ2n) is 4.47. The quantitative estimate of drug-likeness (QED) is 0.573. The first kappa shape index (κ1) is 13.8. The van der Waals surface area contributed by atoms with Crippen molar-refractivity contribution in [2.24, 2.45) is 5.84 Å². The third-order valence-electron chi connectivity index (χ3n) is 3.20. The Labute approximate surface area is 127 Å². The molecule has 0 aliphatic rings. The molecule has 0 bridgehead atoms. The summed E-state index contributed by atoms with van der Waals surface area (Å²) in [6.07, 6.45) is 3.41. The van der Waals surface area contributed by atoms with Gasteiger partial charge >= 0.3 is 0 Å². The summed E-state index contributed by atoms with van der Waals surface area (Å²) in [4.78, 5) is 4.32. The molecule has 21 heavy (non-hydrogen) atoms. The number of rotatable bonds is 4. The maximum absolute atomic E-state index is 6.23. The van der Waals surface area contributed by atoms with Crippen LogP contribution in [0.4, 0.5) is 0 Å². The maximum atomic E-state index is 6.23. The number of nitrogens with zero attached hydrogens (tertiary/aromatic N) is 3. The van der Waals surface area contributed by atoms with Gasteiger partial charge < -0.3 is 0 Å². The molecule has 0 aliphatic carbocycles. The summed E-state index contributed by atoms with van der Waals surface area (Å²) in [5.74, 6) is 5.72. The number of halogens is 1. The minimum absolute atomic E-state index is 0.346. The molecule has 1 unspecified atom stereocenters. The minimum atomic E-state index is -0.346. The second kappa shape index (κ2) is 6.05. The van der Waals surface area contributed by atoms with Crippen molar-refractivity contribution in [2.75, 3.05) is 0 Å². The first-order chi connectivity index (χ1) is 10.3. The summed E-state index contributed by atoms with van der Waals surface area (Å²) in [5.41, 5.74) is 5.24. The number of hydrogen-bond donors (Lipinski definition) is 2. The van der Waals surface area contributed by atoms with Crippen molar-refractivity contribution >= 4 is 11.6 Å². The van der Waals surface area contributed by atoms with Gasteiger partial charge in [0.1, 0.15) is 6.04 Å². The fraction of sp³-hybridized carbons (Fsp3) is 0.0667. The van der Waals surface area contributed by atoms with Crippen molar-refractivity contribution < 1.29 is 0 Å². The van der Waals surface area contributed by atoms with Crippen LogP contribution in [0.5, 0.6) is 0 Å². The highest BCUT2D eigenvalue weighted by molar-refractivity contribution is 6.31. The highest BCUT2D eigenvalue weighted by Gasteiger charge is 2.21. The van der Waals surface area contributed by atoms with E-state index in [2.05, 4.69) is 15.5 Å². The van der Waals surface area contributed by atoms with Crippen LogP contribution in [-0.2, 0) is 0 Å². The number of benzene rings is 1. The predicted octanol–water partition coefficient (Wildman–Crippen LogP) is 2.47. The van der Waals surface area contributed by atoms with Crippen LogP contribution in [0.2, 0.25) is 5.02 Å². The van der Waals surface area contributed by atoms with Crippen LogP contribution in [0.1, 0.15) is 17.4 Å². The topological polar surface area (TPSA) is 68.8 Å². The van der Waals surface area contributed by atoms with Gasteiger partial charge in [0.2, 0.25) is 0 Å². The van der Waals surface area contributed by atoms with Crippen molar-refractivity contribution in [3.63, 3.8) is 0 Å². The van der Waals surface area contributed by atoms with Crippen LogP contribution >= 0.6 is 11.6 Å². The Morgan fingerprint density at radius 2 is 1.86 bits per heavy atom. The van der Waals surface area contributed by atoms with Crippen molar-refractivity contribution in [1.29, 1.82) is 0 Å². The van der Waals surface area contributed by atoms with E-state index in [-0.39, 0.29) is 6.04 Å². The number of nitrogens with one attached hydrogen (secondary N) is 1. The molecule has 2 heterocycles. The van der Waals surface area contributed by atoms with E-state index in [4.69, 9.17) is 17.4 Å². The summed E-state index contributed by atoms with van der Waals surface area (Å²) in [6, 6.07) is 14.9. The lowest BCUT2D eigenvalue weighted by atomic mass is 10.1. The number of aromatic nitrogens is 3. The monoisotopic (exact) mass is 299 g/mol. The molecule has 106 valence electrons. The summed E-state index contributed by atoms with van der Waals surface area (Å²) in [6.45, 7) is 0. The highest BCUT2D eigenvalue weighted by Crippen LogP contribution is 2.26. The van der Waals surface area contributed by atoms with E-state index in [0.29, 0.717) is 10.7 Å². The van der Waals surface area contributed by atoms with Crippen LogP contribution in [0, 0.1) is 0 Å². The van der Waals surface area contributed by atoms with Gasteiger partial charge in [-0.1, -0.05) is 29.8 Å². The predicted molar refractivity (Wildman–Crippen MR) is 82.0 cm³/mol. The van der Waals surface area contributed by atoms with E-state index in [1.54, 1.807) is 24.5 Å². The van der Waals surface area contributed by atoms with E-state index in [1.165, 1.54) is 0 Å². The zero-order chi connectivity index (χ0) is 14.7. The van der Waals surface area contributed by atoms with Crippen LogP contribution in [0.3, 0.4) is 0 Å². The number of pyridine rings is 1. The van der Waals surface area contributed by atoms with Crippen LogP contribution in [0.25, 0.3) is 5.69 Å². The third-order valence-corrected chi connectivity index (χ3v) is 3.52. The van der Waals surface area contributed by atoms with Gasteiger partial charge in [-0.3, -0.25) is 10.8 Å². The lowest BCUT2D eigenvalue weighted by Gasteiger charge is -2.18. The molecule has 3 aromatic rings. The Morgan fingerprint density at radius 1 is 1.05 bits per heavy atom. The van der Waals surface area contributed by atoms with E-state index in [0.717, 1.165) is 11.4 Å². The van der Waals surface area contributed by atoms with Crippen LogP contribution in [-0.4, -0.2) is 14.8 Å². The molecule has 5 nitrogen and oxygen atoms in total. The van der Waals surface area contributed by atoms with Crippen molar-refractivity contribution in [3.8, 4) is 5.69 Å². The molecule has 0 amide bonds. The number of nitrogens with two attached hydrogens (primary N) is 1. The zero-order valence-electron chi connectivity index (χ0n) is 11.1. The fourth-order valence-electron chi connectivity index (χ4n) is 2.23. The fourth-order valence-corrected chi connectivity index (χ4v) is 2.46. The Morgan fingerprint density at radius 3 is 2.57 bits per heavy atom. The molecule has 1 aromatic carbocycles. The van der Waals surface area contributed by atoms with Gasteiger partial charge in [-0.15, -0.1) is 0 Å². The van der Waals surface area contributed by atoms with Gasteiger partial charge in [0.05, 0.1) is 22.1 Å². The van der Waals surface area contributed by atoms with Crippen LogP contribution < -0.4 is 11.3 Å². The maximum Gasteiger partial charge on any atom is 0.107 e. The number of para-hydroxylation sites is 1. The number of hydrogen-bond acceptors (Lipinski definition) is 4. The Bertz CT molecular complexity index is 726. The van der Waals surface area contributed by atoms with Gasteiger partial charge in [0, 0.05) is 12.4 Å². The summed E-state index contributed by atoms with van der Waals surface area (Å²) in [7, 11) is 0. The summed E-state index contributed by atoms with van der Waals surface area (Å²) < 4.78 is 1.82. The molecule has 0 saturated carbocycles. The molecule has 0 spiro atoms. The Hall–Kier alpha value is -2.21. The van der Waals surface area contributed by atoms with Gasteiger partial charge in [-0.05, 0) is 30.3 Å². The largest absolute Gasteiger partial charge is 0.270 e. The molecule has 0 radical (unpaired) electrons. The van der Waals surface area contributed by atoms with E-state index in [9.17, 15) is 0 Å². The smallest absolute Gasteiger partial charge is 0.107 e. The molecule has 3 rings (SSSR count). The average Bonchev–Trinajstić information content (AvgIpc) is 3.00. The molecular formula is C15H14ClN5. The van der Waals surface area contributed by atoms with E-state index < -0.39 is 0 Å². The third kappa shape index (κ3) is 2.67. The van der Waals surface area contributed by atoms with E-state index >= 15 is 0 Å². The first-order valence-corrected chi connectivity index (χ1v) is 6.85. The Balaban J connectivity index is 2.08. The van der Waals surface area contributed by atoms with Crippen molar-refractivity contribution in [2.45, 2.75) is 6.04 Å². The molecule has 1 atom stereocenters. The zero-order valence-corrected chi connectivity index (χ0v) is 11.9. The standard InChI is InChI=1S/C15H14ClN5/c16-12-7-4-9-18-14(12)15(20-17)13-8-10-19-21(13)11-5-2-1-3-6-11/h1-10,15,20H,17H2. The van der Waals surface area contributed by atoms with Crippen molar-refractivity contribution in [3.05, 3.63) is 77.3 Å². The van der Waals surface area contributed by atoms with E-state index in [1.807, 2.05) is 41.1 Å². The lowest BCUT2D eigenvalue weighted by molar-refractivity contribution is 0.584.